The van der Waals surface area contributed by atoms with Gasteiger partial charge in [0.25, 0.3) is 0 Å². The number of thiazole rings is 1. The number of benzene rings is 1. The summed E-state index contributed by atoms with van der Waals surface area (Å²) < 4.78 is 1.05. The first kappa shape index (κ1) is 11.6. The van der Waals surface area contributed by atoms with Crippen molar-refractivity contribution in [1.29, 1.82) is 0 Å². The lowest BCUT2D eigenvalue weighted by atomic mass is 10.1. The van der Waals surface area contributed by atoms with Gasteiger partial charge < -0.3 is 0 Å². The molecular weight excluding hydrogens is 312 g/mol. The molecular formula is C12H9BrN4S. The van der Waals surface area contributed by atoms with Gasteiger partial charge in [0.2, 0.25) is 0 Å². The number of aryl methyl sites for hydroxylation is 1. The Kier molecular flexibility index (Phi) is 2.97. The molecule has 0 fully saturated rings. The van der Waals surface area contributed by atoms with Gasteiger partial charge in [-0.3, -0.25) is 5.10 Å². The maximum atomic E-state index is 4.63. The topological polar surface area (TPSA) is 54.5 Å². The van der Waals surface area contributed by atoms with Gasteiger partial charge in [-0.05, 0) is 19.1 Å². The highest BCUT2D eigenvalue weighted by Gasteiger charge is 2.12. The van der Waals surface area contributed by atoms with Crippen LogP contribution in [0.4, 0.5) is 0 Å². The van der Waals surface area contributed by atoms with Crippen molar-refractivity contribution < 1.29 is 0 Å². The van der Waals surface area contributed by atoms with Gasteiger partial charge in [0.15, 0.2) is 10.8 Å². The first-order valence-corrected chi connectivity index (χ1v) is 6.94. The molecule has 0 amide bonds. The number of aromatic amines is 1. The zero-order chi connectivity index (χ0) is 12.5. The summed E-state index contributed by atoms with van der Waals surface area (Å²) in [4.78, 5) is 9.92. The third kappa shape index (κ3) is 2.09. The van der Waals surface area contributed by atoms with Crippen LogP contribution in [0.5, 0.6) is 0 Å². The largest absolute Gasteiger partial charge is 0.257 e. The molecule has 0 bridgehead atoms. The number of aromatic nitrogens is 4. The van der Waals surface area contributed by atoms with Crippen LogP contribution in [-0.2, 0) is 0 Å². The molecule has 2 aromatic heterocycles. The summed E-state index contributed by atoms with van der Waals surface area (Å²) in [7, 11) is 0. The van der Waals surface area contributed by atoms with E-state index in [0.717, 1.165) is 20.7 Å². The molecule has 6 heteroatoms. The predicted molar refractivity (Wildman–Crippen MR) is 75.4 cm³/mol. The van der Waals surface area contributed by atoms with Gasteiger partial charge in [-0.15, -0.1) is 11.3 Å². The number of nitrogens with one attached hydrogen (secondary N) is 1. The second-order valence-corrected chi connectivity index (χ2v) is 5.89. The lowest BCUT2D eigenvalue weighted by Gasteiger charge is -1.98. The van der Waals surface area contributed by atoms with Crippen molar-refractivity contribution in [2.45, 2.75) is 6.92 Å². The molecule has 0 spiro atoms. The molecule has 2 heterocycles. The number of H-pyrrole nitrogens is 1. The normalized spacial score (nSPS) is 10.8. The van der Waals surface area contributed by atoms with Crippen LogP contribution < -0.4 is 0 Å². The van der Waals surface area contributed by atoms with Crippen LogP contribution in [0.15, 0.2) is 35.1 Å². The van der Waals surface area contributed by atoms with Gasteiger partial charge in [0, 0.05) is 14.9 Å². The van der Waals surface area contributed by atoms with E-state index in [1.807, 2.05) is 12.1 Å². The van der Waals surface area contributed by atoms with E-state index in [0.29, 0.717) is 5.82 Å². The fraction of sp³-hybridized carbons (Fsp3) is 0.0833. The van der Waals surface area contributed by atoms with E-state index in [9.17, 15) is 0 Å². The number of rotatable bonds is 2. The number of hydrogen-bond donors (Lipinski definition) is 1. The monoisotopic (exact) mass is 320 g/mol. The third-order valence-corrected chi connectivity index (χ3v) is 3.98. The Bertz CT molecular complexity index is 675. The highest BCUT2D eigenvalue weighted by molar-refractivity contribution is 9.10. The molecule has 1 aromatic carbocycles. The Balaban J connectivity index is 2.09. The molecule has 1 N–H and O–H groups in total. The molecule has 0 radical (unpaired) electrons. The van der Waals surface area contributed by atoms with Gasteiger partial charge in [0.05, 0.1) is 5.69 Å². The summed E-state index contributed by atoms with van der Waals surface area (Å²) in [5.74, 6) is 0.712. The zero-order valence-corrected chi connectivity index (χ0v) is 11.9. The van der Waals surface area contributed by atoms with Crippen LogP contribution >= 0.6 is 27.3 Å². The van der Waals surface area contributed by atoms with Crippen molar-refractivity contribution >= 4 is 27.3 Å². The average molecular weight is 321 g/mol. The maximum absolute atomic E-state index is 4.63. The fourth-order valence-electron chi connectivity index (χ4n) is 1.71. The highest BCUT2D eigenvalue weighted by Crippen LogP contribution is 2.32. The molecule has 0 unspecified atom stereocenters. The Labute approximate surface area is 116 Å². The van der Waals surface area contributed by atoms with Crippen LogP contribution in [0, 0.1) is 6.92 Å². The standard InChI is InChI=1S/C12H9BrN4S/c1-7-10(8-3-2-4-9(13)5-8)16-12(18-7)11-14-6-15-17-11/h2-6H,1H3,(H,14,15,17). The minimum atomic E-state index is 0.712. The van der Waals surface area contributed by atoms with Crippen LogP contribution in [0.2, 0.25) is 0 Å². The summed E-state index contributed by atoms with van der Waals surface area (Å²) in [5, 5.41) is 7.54. The molecule has 3 rings (SSSR count). The Morgan fingerprint density at radius 2 is 2.22 bits per heavy atom. The Hall–Kier alpha value is -1.53. The summed E-state index contributed by atoms with van der Waals surface area (Å²) in [6, 6.07) is 8.12. The van der Waals surface area contributed by atoms with E-state index in [1.165, 1.54) is 11.2 Å². The quantitative estimate of drug-likeness (QED) is 0.783. The third-order valence-electron chi connectivity index (χ3n) is 2.51. The first-order chi connectivity index (χ1) is 8.74. The minimum absolute atomic E-state index is 0.712. The van der Waals surface area contributed by atoms with Crippen molar-refractivity contribution in [2.75, 3.05) is 0 Å². The van der Waals surface area contributed by atoms with Crippen molar-refractivity contribution in [1.82, 2.24) is 20.2 Å². The molecule has 3 aromatic rings. The van der Waals surface area contributed by atoms with E-state index in [1.54, 1.807) is 11.3 Å². The molecule has 18 heavy (non-hydrogen) atoms. The smallest absolute Gasteiger partial charge is 0.184 e. The fourth-order valence-corrected chi connectivity index (χ4v) is 2.99. The van der Waals surface area contributed by atoms with E-state index in [-0.39, 0.29) is 0 Å². The summed E-state index contributed by atoms with van der Waals surface area (Å²) in [6.45, 7) is 2.06. The Morgan fingerprint density at radius 3 is 2.94 bits per heavy atom. The maximum Gasteiger partial charge on any atom is 0.184 e. The molecule has 0 atom stereocenters. The highest BCUT2D eigenvalue weighted by atomic mass is 79.9. The molecule has 0 saturated carbocycles. The second-order valence-electron chi connectivity index (χ2n) is 3.77. The minimum Gasteiger partial charge on any atom is -0.257 e. The number of hydrogen-bond acceptors (Lipinski definition) is 4. The van der Waals surface area contributed by atoms with E-state index in [2.05, 4.69) is 55.2 Å². The van der Waals surface area contributed by atoms with Gasteiger partial charge >= 0.3 is 0 Å². The summed E-state index contributed by atoms with van der Waals surface area (Å²) >= 11 is 5.09. The first-order valence-electron chi connectivity index (χ1n) is 5.33. The van der Waals surface area contributed by atoms with Crippen LogP contribution in [0.25, 0.3) is 22.1 Å². The SMILES string of the molecule is Cc1sc(-c2ncn[nH]2)nc1-c1cccc(Br)c1. The van der Waals surface area contributed by atoms with Crippen molar-refractivity contribution in [3.05, 3.63) is 39.9 Å². The summed E-state index contributed by atoms with van der Waals surface area (Å²) in [5.41, 5.74) is 2.09. The van der Waals surface area contributed by atoms with Gasteiger partial charge in [0.1, 0.15) is 6.33 Å². The van der Waals surface area contributed by atoms with E-state index < -0.39 is 0 Å². The van der Waals surface area contributed by atoms with Crippen molar-refractivity contribution in [2.24, 2.45) is 0 Å². The lowest BCUT2D eigenvalue weighted by Crippen LogP contribution is -1.82. The van der Waals surface area contributed by atoms with Crippen molar-refractivity contribution in [3.8, 4) is 22.1 Å². The van der Waals surface area contributed by atoms with Gasteiger partial charge in [-0.2, -0.15) is 5.10 Å². The molecule has 0 saturated heterocycles. The second kappa shape index (κ2) is 4.62. The van der Waals surface area contributed by atoms with E-state index in [4.69, 9.17) is 0 Å². The van der Waals surface area contributed by atoms with Crippen LogP contribution in [0.1, 0.15) is 4.88 Å². The van der Waals surface area contributed by atoms with Crippen LogP contribution in [-0.4, -0.2) is 20.2 Å². The van der Waals surface area contributed by atoms with Crippen molar-refractivity contribution in [3.63, 3.8) is 0 Å². The molecule has 4 nitrogen and oxygen atoms in total. The molecule has 0 aliphatic carbocycles. The van der Waals surface area contributed by atoms with Gasteiger partial charge in [-0.1, -0.05) is 28.1 Å². The number of halogens is 1. The summed E-state index contributed by atoms with van der Waals surface area (Å²) in [6.07, 6.45) is 1.49. The van der Waals surface area contributed by atoms with Crippen LogP contribution in [0.3, 0.4) is 0 Å². The molecule has 0 aliphatic heterocycles. The van der Waals surface area contributed by atoms with E-state index >= 15 is 0 Å². The molecule has 0 aliphatic rings. The Morgan fingerprint density at radius 1 is 1.33 bits per heavy atom. The predicted octanol–water partition coefficient (Wildman–Crippen LogP) is 3.67. The lowest BCUT2D eigenvalue weighted by molar-refractivity contribution is 1.09. The zero-order valence-electron chi connectivity index (χ0n) is 9.51. The average Bonchev–Trinajstić information content (AvgIpc) is 2.97. The number of nitrogens with zero attached hydrogens (tertiary/aromatic N) is 3. The molecule has 90 valence electrons. The van der Waals surface area contributed by atoms with Gasteiger partial charge in [-0.25, -0.2) is 9.97 Å².